The maximum atomic E-state index is 12.7. The number of imidazole rings is 1. The minimum Gasteiger partial charge on any atom is -0.486 e. The first-order valence-electron chi connectivity index (χ1n) is 9.26. The number of rotatable bonds is 5. The summed E-state index contributed by atoms with van der Waals surface area (Å²) in [5.74, 6) is 1.26. The Morgan fingerprint density at radius 2 is 2.07 bits per heavy atom. The average molecular weight is 365 g/mol. The van der Waals surface area contributed by atoms with Crippen molar-refractivity contribution in [3.63, 3.8) is 0 Å². The number of nitrogen functional groups attached to an aromatic ring is 1. The molecule has 0 atom stereocenters. The van der Waals surface area contributed by atoms with Gasteiger partial charge < -0.3 is 15.4 Å². The molecule has 0 saturated carbocycles. The fourth-order valence-corrected chi connectivity index (χ4v) is 3.41. The molecular weight excluding hydrogens is 342 g/mol. The number of benzene rings is 1. The molecule has 0 aliphatic carbocycles. The molecule has 3 aromatic rings. The molecule has 2 aromatic heterocycles. The largest absolute Gasteiger partial charge is 0.486 e. The number of para-hydroxylation sites is 1. The first kappa shape index (κ1) is 17.3. The van der Waals surface area contributed by atoms with Crippen molar-refractivity contribution < 1.29 is 9.53 Å². The summed E-state index contributed by atoms with van der Waals surface area (Å²) in [6, 6.07) is 9.79. The zero-order chi connectivity index (χ0) is 19.0. The number of anilines is 1. The van der Waals surface area contributed by atoms with Gasteiger partial charge in [0.15, 0.2) is 5.65 Å². The molecule has 140 valence electrons. The van der Waals surface area contributed by atoms with E-state index >= 15 is 0 Å². The van der Waals surface area contributed by atoms with Gasteiger partial charge in [0.05, 0.1) is 18.7 Å². The molecule has 2 N–H and O–H groups in total. The summed E-state index contributed by atoms with van der Waals surface area (Å²) in [7, 11) is 0. The second-order valence-electron chi connectivity index (χ2n) is 6.69. The van der Waals surface area contributed by atoms with Gasteiger partial charge in [0, 0.05) is 12.7 Å². The van der Waals surface area contributed by atoms with Crippen molar-refractivity contribution in [2.75, 3.05) is 18.8 Å². The van der Waals surface area contributed by atoms with Crippen molar-refractivity contribution in [3.05, 3.63) is 47.7 Å². The fourth-order valence-electron chi connectivity index (χ4n) is 3.41. The number of aryl methyl sites for hydroxylation is 2. The number of nitrogens with zero attached hydrogens (tertiary/aromatic N) is 4. The van der Waals surface area contributed by atoms with Crippen molar-refractivity contribution in [2.24, 2.45) is 0 Å². The van der Waals surface area contributed by atoms with Crippen LogP contribution in [-0.4, -0.2) is 44.5 Å². The van der Waals surface area contributed by atoms with E-state index in [2.05, 4.69) is 23.0 Å². The number of pyridine rings is 1. The van der Waals surface area contributed by atoms with Gasteiger partial charge in [-0.25, -0.2) is 9.97 Å². The third kappa shape index (κ3) is 3.09. The van der Waals surface area contributed by atoms with Gasteiger partial charge in [0.25, 0.3) is 5.91 Å². The molecule has 0 unspecified atom stereocenters. The van der Waals surface area contributed by atoms with Crippen molar-refractivity contribution in [3.8, 4) is 5.75 Å². The molecular formula is C20H23N5O2. The summed E-state index contributed by atoms with van der Waals surface area (Å²) in [6.07, 6.45) is 2.54. The minimum absolute atomic E-state index is 0.0216. The maximum absolute atomic E-state index is 12.7. The summed E-state index contributed by atoms with van der Waals surface area (Å²) < 4.78 is 7.87. The van der Waals surface area contributed by atoms with Crippen LogP contribution in [0.2, 0.25) is 0 Å². The van der Waals surface area contributed by atoms with E-state index in [1.807, 2.05) is 29.7 Å². The molecule has 1 amide bonds. The van der Waals surface area contributed by atoms with E-state index in [-0.39, 0.29) is 12.0 Å². The molecule has 4 rings (SSSR count). The lowest BCUT2D eigenvalue weighted by molar-refractivity contribution is 0.0174. The summed E-state index contributed by atoms with van der Waals surface area (Å²) >= 11 is 0. The van der Waals surface area contributed by atoms with Crippen LogP contribution in [0.1, 0.15) is 29.8 Å². The van der Waals surface area contributed by atoms with Gasteiger partial charge in [-0.2, -0.15) is 0 Å². The highest BCUT2D eigenvalue weighted by Crippen LogP contribution is 2.24. The first-order chi connectivity index (χ1) is 13.1. The highest BCUT2D eigenvalue weighted by molar-refractivity contribution is 5.97. The fraction of sp³-hybridized carbons (Fsp3) is 0.350. The molecule has 1 aliphatic heterocycles. The number of hydrogen-bond donors (Lipinski definition) is 1. The molecule has 3 heterocycles. The number of carbonyl (C=O) groups excluding carboxylic acids is 1. The third-order valence-electron chi connectivity index (χ3n) is 4.96. The number of nitrogens with two attached hydrogens (primary N) is 1. The highest BCUT2D eigenvalue weighted by atomic mass is 16.5. The average Bonchev–Trinajstić information content (AvgIpc) is 2.98. The van der Waals surface area contributed by atoms with E-state index in [1.165, 1.54) is 5.56 Å². The van der Waals surface area contributed by atoms with E-state index in [0.717, 1.165) is 12.2 Å². The first-order valence-corrected chi connectivity index (χ1v) is 9.26. The Labute approximate surface area is 157 Å². The standard InChI is InChI=1S/C20H23N5O2/c1-3-13-7-5-6-8-17(13)27-15-11-24(12-15)19(26)14-9-16-18(22-10-14)25(4-2)20(21)23-16/h5-10,15H,3-4,11-12H2,1-2H3,(H2,21,23). The van der Waals surface area contributed by atoms with Crippen molar-refractivity contribution in [1.82, 2.24) is 19.4 Å². The predicted molar refractivity (Wildman–Crippen MR) is 104 cm³/mol. The predicted octanol–water partition coefficient (Wildman–Crippen LogP) is 2.50. The van der Waals surface area contributed by atoms with Crippen LogP contribution in [-0.2, 0) is 13.0 Å². The minimum atomic E-state index is -0.0577. The van der Waals surface area contributed by atoms with Crippen LogP contribution in [0.3, 0.4) is 0 Å². The van der Waals surface area contributed by atoms with E-state index in [1.54, 1.807) is 17.2 Å². The molecule has 1 aliphatic rings. The van der Waals surface area contributed by atoms with E-state index in [0.29, 0.717) is 42.3 Å². The smallest absolute Gasteiger partial charge is 0.255 e. The number of amides is 1. The monoisotopic (exact) mass is 365 g/mol. The van der Waals surface area contributed by atoms with Gasteiger partial charge in [0.2, 0.25) is 5.95 Å². The normalized spacial score (nSPS) is 14.4. The number of carbonyl (C=O) groups is 1. The van der Waals surface area contributed by atoms with E-state index < -0.39 is 0 Å². The molecule has 1 aromatic carbocycles. The van der Waals surface area contributed by atoms with Crippen molar-refractivity contribution >= 4 is 23.0 Å². The summed E-state index contributed by atoms with van der Waals surface area (Å²) in [5.41, 5.74) is 8.95. The molecule has 0 bridgehead atoms. The van der Waals surface area contributed by atoms with Gasteiger partial charge in [0.1, 0.15) is 17.4 Å². The Hall–Kier alpha value is -3.09. The Balaban J connectivity index is 1.44. The summed E-state index contributed by atoms with van der Waals surface area (Å²) in [5, 5.41) is 0. The molecule has 0 radical (unpaired) electrons. The van der Waals surface area contributed by atoms with Crippen LogP contribution in [0.25, 0.3) is 11.2 Å². The summed E-state index contributed by atoms with van der Waals surface area (Å²) in [6.45, 7) is 5.91. The lowest BCUT2D eigenvalue weighted by Crippen LogP contribution is -2.56. The van der Waals surface area contributed by atoms with Crippen LogP contribution < -0.4 is 10.5 Å². The van der Waals surface area contributed by atoms with Crippen LogP contribution in [0.15, 0.2) is 36.5 Å². The molecule has 27 heavy (non-hydrogen) atoms. The zero-order valence-electron chi connectivity index (χ0n) is 15.6. The SMILES string of the molecule is CCc1ccccc1OC1CN(C(=O)c2cnc3c(c2)nc(N)n3CC)C1. The Bertz CT molecular complexity index is 991. The molecule has 1 saturated heterocycles. The Kier molecular flexibility index (Phi) is 4.43. The van der Waals surface area contributed by atoms with Crippen molar-refractivity contribution in [1.29, 1.82) is 0 Å². The van der Waals surface area contributed by atoms with Gasteiger partial charge in [-0.1, -0.05) is 25.1 Å². The molecule has 0 spiro atoms. The lowest BCUT2D eigenvalue weighted by atomic mass is 10.1. The number of fused-ring (bicyclic) bond motifs is 1. The van der Waals surface area contributed by atoms with Gasteiger partial charge in [-0.05, 0) is 31.0 Å². The Morgan fingerprint density at radius 3 is 2.81 bits per heavy atom. The maximum Gasteiger partial charge on any atom is 0.255 e. The van der Waals surface area contributed by atoms with Crippen molar-refractivity contribution in [2.45, 2.75) is 32.9 Å². The second kappa shape index (κ2) is 6.90. The highest BCUT2D eigenvalue weighted by Gasteiger charge is 2.33. The van der Waals surface area contributed by atoms with E-state index in [9.17, 15) is 4.79 Å². The van der Waals surface area contributed by atoms with Crippen LogP contribution >= 0.6 is 0 Å². The number of ether oxygens (including phenoxy) is 1. The van der Waals surface area contributed by atoms with Gasteiger partial charge in [-0.3, -0.25) is 9.36 Å². The number of aromatic nitrogens is 3. The van der Waals surface area contributed by atoms with Crippen LogP contribution in [0.4, 0.5) is 5.95 Å². The van der Waals surface area contributed by atoms with Crippen LogP contribution in [0, 0.1) is 0 Å². The second-order valence-corrected chi connectivity index (χ2v) is 6.69. The summed E-state index contributed by atoms with van der Waals surface area (Å²) in [4.78, 5) is 23.2. The quantitative estimate of drug-likeness (QED) is 0.751. The Morgan fingerprint density at radius 1 is 1.30 bits per heavy atom. The number of hydrogen-bond acceptors (Lipinski definition) is 5. The zero-order valence-corrected chi connectivity index (χ0v) is 15.6. The third-order valence-corrected chi connectivity index (χ3v) is 4.96. The van der Waals surface area contributed by atoms with Gasteiger partial charge in [-0.15, -0.1) is 0 Å². The lowest BCUT2D eigenvalue weighted by Gasteiger charge is -2.39. The van der Waals surface area contributed by atoms with E-state index in [4.69, 9.17) is 10.5 Å². The van der Waals surface area contributed by atoms with Crippen LogP contribution in [0.5, 0.6) is 5.75 Å². The number of likely N-dealkylation sites (tertiary alicyclic amines) is 1. The van der Waals surface area contributed by atoms with Gasteiger partial charge >= 0.3 is 0 Å². The topological polar surface area (TPSA) is 86.3 Å². The molecule has 7 nitrogen and oxygen atoms in total. The molecule has 7 heteroatoms. The molecule has 1 fully saturated rings.